The molecule has 196 valence electrons. The second-order valence-electron chi connectivity index (χ2n) is 11.0. The molecule has 2 aliphatic rings. The van der Waals surface area contributed by atoms with Gasteiger partial charge in [0, 0.05) is 17.4 Å². The minimum atomic E-state index is 0.165. The first-order chi connectivity index (χ1) is 18.3. The number of aryl methyl sites for hydroxylation is 1. The van der Waals surface area contributed by atoms with Crippen LogP contribution in [-0.2, 0) is 6.42 Å². The van der Waals surface area contributed by atoms with Gasteiger partial charge < -0.3 is 14.7 Å². The van der Waals surface area contributed by atoms with Crippen LogP contribution in [0.25, 0.3) is 0 Å². The molecule has 0 bridgehead atoms. The van der Waals surface area contributed by atoms with E-state index in [0.717, 1.165) is 17.7 Å². The summed E-state index contributed by atoms with van der Waals surface area (Å²) in [6.07, 6.45) is 13.5. The van der Waals surface area contributed by atoms with E-state index < -0.39 is 0 Å². The SMILES string of the molecule is Oc1ccc2c(c1)C(c1ccc(CCCCCCCCCN3CCCC3)cc1)[C@@H](c1ccccc1)CO2. The smallest absolute Gasteiger partial charge is 0.123 e. The first kappa shape index (κ1) is 25.9. The summed E-state index contributed by atoms with van der Waals surface area (Å²) in [7, 11) is 0. The lowest BCUT2D eigenvalue weighted by molar-refractivity contribution is 0.248. The van der Waals surface area contributed by atoms with Gasteiger partial charge in [-0.1, -0.05) is 86.7 Å². The molecule has 2 atom stereocenters. The number of fused-ring (bicyclic) bond motifs is 1. The Bertz CT molecular complexity index is 1090. The summed E-state index contributed by atoms with van der Waals surface area (Å²) in [5, 5.41) is 10.2. The fourth-order valence-corrected chi connectivity index (χ4v) is 6.25. The van der Waals surface area contributed by atoms with E-state index in [1.165, 1.54) is 94.1 Å². The van der Waals surface area contributed by atoms with Gasteiger partial charge in [-0.15, -0.1) is 0 Å². The molecule has 3 nitrogen and oxygen atoms in total. The van der Waals surface area contributed by atoms with Crippen molar-refractivity contribution in [3.63, 3.8) is 0 Å². The highest BCUT2D eigenvalue weighted by Gasteiger charge is 2.33. The van der Waals surface area contributed by atoms with Gasteiger partial charge in [0.15, 0.2) is 0 Å². The molecule has 1 unspecified atom stereocenters. The van der Waals surface area contributed by atoms with Crippen LogP contribution in [0.1, 0.15) is 91.9 Å². The van der Waals surface area contributed by atoms with Gasteiger partial charge in [0.25, 0.3) is 0 Å². The number of benzene rings is 3. The monoisotopic (exact) mass is 497 g/mol. The van der Waals surface area contributed by atoms with Crippen LogP contribution in [0.2, 0.25) is 0 Å². The van der Waals surface area contributed by atoms with E-state index in [2.05, 4.69) is 59.5 Å². The fourth-order valence-electron chi connectivity index (χ4n) is 6.25. The van der Waals surface area contributed by atoms with E-state index >= 15 is 0 Å². The van der Waals surface area contributed by atoms with Crippen molar-refractivity contribution in [2.75, 3.05) is 26.2 Å². The second kappa shape index (κ2) is 13.1. The molecule has 3 aromatic rings. The number of aromatic hydroxyl groups is 1. The van der Waals surface area contributed by atoms with Crippen molar-refractivity contribution in [1.82, 2.24) is 4.90 Å². The highest BCUT2D eigenvalue weighted by molar-refractivity contribution is 5.50. The molecule has 0 spiro atoms. The maximum atomic E-state index is 10.2. The lowest BCUT2D eigenvalue weighted by Gasteiger charge is -2.34. The van der Waals surface area contributed by atoms with Crippen LogP contribution in [0.15, 0.2) is 72.8 Å². The molecule has 1 N–H and O–H groups in total. The van der Waals surface area contributed by atoms with Gasteiger partial charge in [-0.25, -0.2) is 0 Å². The van der Waals surface area contributed by atoms with Crippen LogP contribution in [0.4, 0.5) is 0 Å². The number of unbranched alkanes of at least 4 members (excludes halogenated alkanes) is 6. The number of rotatable bonds is 12. The summed E-state index contributed by atoms with van der Waals surface area (Å²) in [6, 6.07) is 25.4. The molecular formula is C34H43NO2. The third-order valence-electron chi connectivity index (χ3n) is 8.35. The van der Waals surface area contributed by atoms with Gasteiger partial charge in [0.1, 0.15) is 11.5 Å². The number of likely N-dealkylation sites (tertiary alicyclic amines) is 1. The minimum absolute atomic E-state index is 0.165. The topological polar surface area (TPSA) is 32.7 Å². The van der Waals surface area contributed by atoms with E-state index in [4.69, 9.17) is 4.74 Å². The lowest BCUT2D eigenvalue weighted by Crippen LogP contribution is -2.25. The summed E-state index contributed by atoms with van der Waals surface area (Å²) in [4.78, 5) is 2.64. The van der Waals surface area contributed by atoms with Crippen LogP contribution >= 0.6 is 0 Å². The Morgan fingerprint density at radius 1 is 0.730 bits per heavy atom. The second-order valence-corrected chi connectivity index (χ2v) is 11.0. The van der Waals surface area contributed by atoms with Crippen molar-refractivity contribution in [3.05, 3.63) is 95.1 Å². The van der Waals surface area contributed by atoms with Crippen LogP contribution in [0.5, 0.6) is 11.5 Å². The summed E-state index contributed by atoms with van der Waals surface area (Å²) in [6.45, 7) is 4.64. The third-order valence-corrected chi connectivity index (χ3v) is 8.35. The normalized spacial score (nSPS) is 19.5. The number of phenols is 1. The molecule has 0 saturated carbocycles. The van der Waals surface area contributed by atoms with Gasteiger partial charge in [-0.05, 0) is 86.6 Å². The third kappa shape index (κ3) is 6.96. The molecule has 3 heteroatoms. The highest BCUT2D eigenvalue weighted by atomic mass is 16.5. The molecule has 0 radical (unpaired) electrons. The predicted octanol–water partition coefficient (Wildman–Crippen LogP) is 8.07. The molecule has 2 aliphatic heterocycles. The van der Waals surface area contributed by atoms with Crippen molar-refractivity contribution in [2.45, 2.75) is 76.0 Å². The Kier molecular flexibility index (Phi) is 9.18. The van der Waals surface area contributed by atoms with Crippen LogP contribution in [0, 0.1) is 0 Å². The zero-order valence-corrected chi connectivity index (χ0v) is 22.3. The van der Waals surface area contributed by atoms with Crippen molar-refractivity contribution >= 4 is 0 Å². The fraction of sp³-hybridized carbons (Fsp3) is 0.471. The minimum Gasteiger partial charge on any atom is -0.508 e. The van der Waals surface area contributed by atoms with Crippen molar-refractivity contribution in [1.29, 1.82) is 0 Å². The van der Waals surface area contributed by atoms with Crippen molar-refractivity contribution in [2.24, 2.45) is 0 Å². The molecule has 0 aliphatic carbocycles. The van der Waals surface area contributed by atoms with E-state index in [1.54, 1.807) is 6.07 Å². The maximum Gasteiger partial charge on any atom is 0.123 e. The van der Waals surface area contributed by atoms with Gasteiger partial charge in [-0.2, -0.15) is 0 Å². The van der Waals surface area contributed by atoms with Gasteiger partial charge >= 0.3 is 0 Å². The Morgan fingerprint density at radius 3 is 2.19 bits per heavy atom. The Balaban J connectivity index is 1.12. The Hall–Kier alpha value is -2.78. The van der Waals surface area contributed by atoms with Crippen molar-refractivity contribution in [3.8, 4) is 11.5 Å². The molecule has 0 aromatic heterocycles. The zero-order valence-electron chi connectivity index (χ0n) is 22.3. The molecule has 2 heterocycles. The average molecular weight is 498 g/mol. The molecule has 37 heavy (non-hydrogen) atoms. The molecule has 3 aromatic carbocycles. The number of hydrogen-bond donors (Lipinski definition) is 1. The molecule has 0 amide bonds. The van der Waals surface area contributed by atoms with Gasteiger partial charge in [0.05, 0.1) is 6.61 Å². The van der Waals surface area contributed by atoms with Crippen molar-refractivity contribution < 1.29 is 9.84 Å². The van der Waals surface area contributed by atoms with E-state index in [9.17, 15) is 5.11 Å². The first-order valence-corrected chi connectivity index (χ1v) is 14.6. The molecule has 5 rings (SSSR count). The summed E-state index contributed by atoms with van der Waals surface area (Å²) in [5.74, 6) is 1.56. The first-order valence-electron chi connectivity index (χ1n) is 14.6. The molecular weight excluding hydrogens is 454 g/mol. The van der Waals surface area contributed by atoms with Crippen LogP contribution in [-0.4, -0.2) is 36.2 Å². The van der Waals surface area contributed by atoms with Crippen LogP contribution < -0.4 is 4.74 Å². The average Bonchev–Trinajstić information content (AvgIpc) is 3.46. The lowest BCUT2D eigenvalue weighted by atomic mass is 9.75. The highest BCUT2D eigenvalue weighted by Crippen LogP contribution is 2.47. The number of ether oxygens (including phenoxy) is 1. The summed E-state index contributed by atoms with van der Waals surface area (Å²) in [5.41, 5.74) is 5.07. The maximum absolute atomic E-state index is 10.2. The molecule has 1 saturated heterocycles. The summed E-state index contributed by atoms with van der Waals surface area (Å²) < 4.78 is 6.14. The molecule has 1 fully saturated rings. The predicted molar refractivity (Wildman–Crippen MR) is 153 cm³/mol. The number of nitrogens with zero attached hydrogens (tertiary/aromatic N) is 1. The largest absolute Gasteiger partial charge is 0.508 e. The summed E-state index contributed by atoms with van der Waals surface area (Å²) >= 11 is 0. The quantitative estimate of drug-likeness (QED) is 0.257. The Labute approximate surface area is 223 Å². The van der Waals surface area contributed by atoms with Crippen LogP contribution in [0.3, 0.4) is 0 Å². The Morgan fingerprint density at radius 2 is 1.43 bits per heavy atom. The number of phenolic OH excluding ortho intramolecular Hbond substituents is 1. The number of hydrogen-bond acceptors (Lipinski definition) is 3. The van der Waals surface area contributed by atoms with E-state index in [0.29, 0.717) is 12.4 Å². The van der Waals surface area contributed by atoms with Gasteiger partial charge in [0.2, 0.25) is 0 Å². The van der Waals surface area contributed by atoms with Gasteiger partial charge in [-0.3, -0.25) is 0 Å². The van der Waals surface area contributed by atoms with E-state index in [-0.39, 0.29) is 11.8 Å². The van der Waals surface area contributed by atoms with E-state index in [1.807, 2.05) is 12.1 Å². The standard InChI is InChI=1S/C34H43NO2/c36-30-20-21-33-31(25-30)34(32(26-37-33)28-14-8-6-9-15-28)29-18-16-27(17-19-29)13-7-4-2-1-3-5-10-22-35-23-11-12-24-35/h6,8-9,14-21,25,32,34,36H,1-5,7,10-13,22-24,26H2/t32-,34?/m1/s1. The zero-order chi connectivity index (χ0) is 25.3.